The number of halogens is 1. The third-order valence-electron chi connectivity index (χ3n) is 4.35. The summed E-state index contributed by atoms with van der Waals surface area (Å²) in [4.78, 5) is 13.7. The molecule has 0 saturated carbocycles. The van der Waals surface area contributed by atoms with Gasteiger partial charge in [0.1, 0.15) is 0 Å². The lowest BCUT2D eigenvalue weighted by molar-refractivity contribution is -0.132. The van der Waals surface area contributed by atoms with Crippen LogP contribution in [-0.4, -0.2) is 37.0 Å². The van der Waals surface area contributed by atoms with Crippen molar-refractivity contribution in [1.29, 1.82) is 0 Å². The number of ether oxygens (including phenoxy) is 1. The number of carbonyl (C=O) groups excluding carboxylic acids is 1. The van der Waals surface area contributed by atoms with E-state index in [2.05, 4.69) is 12.2 Å². The Balaban J connectivity index is 1.87. The molecule has 1 aromatic carbocycles. The number of amides is 1. The molecule has 0 aliphatic carbocycles. The summed E-state index contributed by atoms with van der Waals surface area (Å²) in [6.45, 7) is 6.27. The first-order chi connectivity index (χ1) is 10.5. The molecule has 0 spiro atoms. The molecule has 0 bridgehead atoms. The molecule has 1 aliphatic heterocycles. The summed E-state index contributed by atoms with van der Waals surface area (Å²) < 4.78 is 18.6. The minimum absolute atomic E-state index is 0.225. The van der Waals surface area contributed by atoms with Crippen molar-refractivity contribution in [1.82, 2.24) is 10.2 Å². The molecule has 1 fully saturated rings. The van der Waals surface area contributed by atoms with Crippen LogP contribution in [0.25, 0.3) is 0 Å². The van der Waals surface area contributed by atoms with Crippen LogP contribution in [0.1, 0.15) is 32.3 Å². The van der Waals surface area contributed by atoms with E-state index in [4.69, 9.17) is 4.74 Å². The van der Waals surface area contributed by atoms with Crippen LogP contribution in [0.4, 0.5) is 4.39 Å². The van der Waals surface area contributed by atoms with Crippen LogP contribution in [0.2, 0.25) is 0 Å². The van der Waals surface area contributed by atoms with Crippen molar-refractivity contribution in [2.24, 2.45) is 5.92 Å². The molecule has 2 rings (SSSR count). The van der Waals surface area contributed by atoms with Gasteiger partial charge in [-0.05, 0) is 30.0 Å². The Bertz CT molecular complexity index is 521. The number of piperidine rings is 1. The maximum atomic E-state index is 13.7. The second-order valence-electron chi connectivity index (χ2n) is 5.92. The molecule has 122 valence electrons. The van der Waals surface area contributed by atoms with Crippen molar-refractivity contribution >= 4 is 5.91 Å². The Labute approximate surface area is 131 Å². The Morgan fingerprint density at radius 3 is 2.86 bits per heavy atom. The first-order valence-corrected chi connectivity index (χ1v) is 7.88. The van der Waals surface area contributed by atoms with Crippen molar-refractivity contribution in [3.05, 3.63) is 29.6 Å². The second kappa shape index (κ2) is 7.58. The van der Waals surface area contributed by atoms with Gasteiger partial charge >= 0.3 is 0 Å². The fourth-order valence-corrected chi connectivity index (χ4v) is 2.97. The molecule has 1 aliphatic rings. The molecule has 1 heterocycles. The van der Waals surface area contributed by atoms with E-state index in [1.807, 2.05) is 17.9 Å². The van der Waals surface area contributed by atoms with Crippen LogP contribution in [0.5, 0.6) is 5.75 Å². The molecule has 22 heavy (non-hydrogen) atoms. The van der Waals surface area contributed by atoms with Crippen LogP contribution >= 0.6 is 0 Å². The number of carbonyl (C=O) groups is 1. The highest BCUT2D eigenvalue weighted by molar-refractivity contribution is 5.75. The quantitative estimate of drug-likeness (QED) is 0.909. The number of hydrogen-bond donors (Lipinski definition) is 1. The molecular formula is C17H25FN2O2. The standard InChI is InChI=1S/C17H25FN2O2/c1-4-17(21)20-8-7-15(12(2)11-20)19-10-13-5-6-16(22-3)14(18)9-13/h5-6,9,12,15,19H,4,7-8,10-11H2,1-3H3/t12-,15+/m1/s1. The number of rotatable bonds is 5. The van der Waals surface area contributed by atoms with Crippen LogP contribution in [-0.2, 0) is 11.3 Å². The van der Waals surface area contributed by atoms with Crippen LogP contribution in [0, 0.1) is 11.7 Å². The van der Waals surface area contributed by atoms with Gasteiger partial charge in [-0.1, -0.05) is 19.9 Å². The zero-order valence-electron chi connectivity index (χ0n) is 13.6. The summed E-state index contributed by atoms with van der Waals surface area (Å²) in [6.07, 6.45) is 1.50. The van der Waals surface area contributed by atoms with Crippen molar-refractivity contribution in [2.75, 3.05) is 20.2 Å². The van der Waals surface area contributed by atoms with E-state index in [-0.39, 0.29) is 17.5 Å². The van der Waals surface area contributed by atoms with Gasteiger partial charge in [0.25, 0.3) is 0 Å². The summed E-state index contributed by atoms with van der Waals surface area (Å²) >= 11 is 0. The highest BCUT2D eigenvalue weighted by Gasteiger charge is 2.27. The number of nitrogens with zero attached hydrogens (tertiary/aromatic N) is 1. The van der Waals surface area contributed by atoms with Gasteiger partial charge in [0, 0.05) is 32.1 Å². The maximum Gasteiger partial charge on any atom is 0.222 e. The highest BCUT2D eigenvalue weighted by Crippen LogP contribution is 2.20. The van der Waals surface area contributed by atoms with Gasteiger partial charge in [0.05, 0.1) is 7.11 Å². The molecular weight excluding hydrogens is 283 g/mol. The van der Waals surface area contributed by atoms with E-state index in [0.29, 0.717) is 24.9 Å². The molecule has 5 heteroatoms. The first kappa shape index (κ1) is 16.7. The molecule has 0 radical (unpaired) electrons. The molecule has 1 amide bonds. The van der Waals surface area contributed by atoms with Crippen LogP contribution in [0.15, 0.2) is 18.2 Å². The number of likely N-dealkylation sites (tertiary alicyclic amines) is 1. The normalized spacial score (nSPS) is 21.7. The summed E-state index contributed by atoms with van der Waals surface area (Å²) in [5.41, 5.74) is 0.901. The van der Waals surface area contributed by atoms with E-state index in [0.717, 1.165) is 25.1 Å². The fraction of sp³-hybridized carbons (Fsp3) is 0.588. The van der Waals surface area contributed by atoms with Crippen molar-refractivity contribution in [3.63, 3.8) is 0 Å². The predicted molar refractivity (Wildman–Crippen MR) is 84.2 cm³/mol. The molecule has 2 atom stereocenters. The SMILES string of the molecule is CCC(=O)N1CC[C@H](NCc2ccc(OC)c(F)c2)[C@H](C)C1. The fourth-order valence-electron chi connectivity index (χ4n) is 2.97. The van der Waals surface area contributed by atoms with E-state index in [9.17, 15) is 9.18 Å². The average molecular weight is 308 g/mol. The third kappa shape index (κ3) is 3.97. The van der Waals surface area contributed by atoms with Crippen LogP contribution < -0.4 is 10.1 Å². The minimum Gasteiger partial charge on any atom is -0.494 e. The Morgan fingerprint density at radius 1 is 1.50 bits per heavy atom. The lowest BCUT2D eigenvalue weighted by atomic mass is 9.93. The summed E-state index contributed by atoms with van der Waals surface area (Å²) in [7, 11) is 1.46. The Hall–Kier alpha value is -1.62. The summed E-state index contributed by atoms with van der Waals surface area (Å²) in [6, 6.07) is 5.38. The van der Waals surface area contributed by atoms with Gasteiger partial charge in [-0.25, -0.2) is 4.39 Å². The maximum absolute atomic E-state index is 13.7. The topological polar surface area (TPSA) is 41.6 Å². The smallest absolute Gasteiger partial charge is 0.222 e. The van der Waals surface area contributed by atoms with E-state index < -0.39 is 0 Å². The lowest BCUT2D eigenvalue weighted by Gasteiger charge is -2.37. The van der Waals surface area contributed by atoms with Crippen molar-refractivity contribution in [2.45, 2.75) is 39.3 Å². The first-order valence-electron chi connectivity index (χ1n) is 7.88. The molecule has 1 N–H and O–H groups in total. The lowest BCUT2D eigenvalue weighted by Crippen LogP contribution is -2.49. The number of hydrogen-bond acceptors (Lipinski definition) is 3. The van der Waals surface area contributed by atoms with E-state index in [1.54, 1.807) is 6.07 Å². The van der Waals surface area contributed by atoms with Gasteiger partial charge in [-0.15, -0.1) is 0 Å². The minimum atomic E-state index is -0.335. The van der Waals surface area contributed by atoms with Crippen molar-refractivity contribution < 1.29 is 13.9 Å². The summed E-state index contributed by atoms with van der Waals surface area (Å²) in [5.74, 6) is 0.552. The van der Waals surface area contributed by atoms with Gasteiger partial charge < -0.3 is 15.0 Å². The summed E-state index contributed by atoms with van der Waals surface area (Å²) in [5, 5.41) is 3.48. The monoisotopic (exact) mass is 308 g/mol. The second-order valence-corrected chi connectivity index (χ2v) is 5.92. The Morgan fingerprint density at radius 2 is 2.27 bits per heavy atom. The molecule has 0 unspecified atom stereocenters. The zero-order chi connectivity index (χ0) is 16.1. The number of methoxy groups -OCH3 is 1. The van der Waals surface area contributed by atoms with Gasteiger partial charge in [-0.3, -0.25) is 4.79 Å². The van der Waals surface area contributed by atoms with Crippen molar-refractivity contribution in [3.8, 4) is 5.75 Å². The third-order valence-corrected chi connectivity index (χ3v) is 4.35. The Kier molecular flexibility index (Phi) is 5.77. The molecule has 4 nitrogen and oxygen atoms in total. The highest BCUT2D eigenvalue weighted by atomic mass is 19.1. The predicted octanol–water partition coefficient (Wildman–Crippen LogP) is 2.57. The van der Waals surface area contributed by atoms with E-state index in [1.165, 1.54) is 13.2 Å². The van der Waals surface area contributed by atoms with Crippen LogP contribution in [0.3, 0.4) is 0 Å². The number of nitrogens with one attached hydrogen (secondary N) is 1. The zero-order valence-corrected chi connectivity index (χ0v) is 13.6. The van der Waals surface area contributed by atoms with Gasteiger partial charge in [0.15, 0.2) is 11.6 Å². The molecule has 1 saturated heterocycles. The number of benzene rings is 1. The largest absolute Gasteiger partial charge is 0.494 e. The average Bonchev–Trinajstić information content (AvgIpc) is 2.53. The van der Waals surface area contributed by atoms with Gasteiger partial charge in [-0.2, -0.15) is 0 Å². The molecule has 0 aromatic heterocycles. The molecule has 1 aromatic rings. The van der Waals surface area contributed by atoms with Gasteiger partial charge in [0.2, 0.25) is 5.91 Å². The van der Waals surface area contributed by atoms with E-state index >= 15 is 0 Å².